The molecular formula is C62H40N2O. The molecule has 0 unspecified atom stereocenters. The van der Waals surface area contributed by atoms with Crippen molar-refractivity contribution < 1.29 is 4.42 Å². The lowest BCUT2D eigenvalue weighted by molar-refractivity contribution is 0.670. The molecule has 3 heteroatoms. The first-order chi connectivity index (χ1) is 32.2. The van der Waals surface area contributed by atoms with Crippen molar-refractivity contribution in [3.63, 3.8) is 0 Å². The number of anilines is 3. The summed E-state index contributed by atoms with van der Waals surface area (Å²) in [6.45, 7) is 0. The first-order valence-electron chi connectivity index (χ1n) is 22.2. The number of fused-ring (bicyclic) bond motifs is 9. The summed E-state index contributed by atoms with van der Waals surface area (Å²) in [7, 11) is 0. The maximum Gasteiger partial charge on any atom is 0.143 e. The summed E-state index contributed by atoms with van der Waals surface area (Å²) in [4.78, 5) is 2.41. The minimum atomic E-state index is 0.866. The maximum absolute atomic E-state index is 6.81. The number of rotatable bonds is 7. The number of hydrogen-bond acceptors (Lipinski definition) is 2. The minimum Gasteiger partial charge on any atom is -0.455 e. The standard InChI is InChI=1S/C62H40N2O/c1-2-16-41(17-3-1)43-19-14-21-47(36-43)63(48-22-15-20-44(37-48)56-38-45-18-4-5-23-50(45)51-24-6-7-25-52(51)56)49-39-57(62-58(40-49)55-28-10-13-31-61(55)65-62)42-32-34-46(35-33-42)64-59-29-11-8-26-53(59)54-27-9-12-30-60(54)64/h1-40H. The van der Waals surface area contributed by atoms with E-state index in [4.69, 9.17) is 4.42 Å². The monoisotopic (exact) mass is 828 g/mol. The first kappa shape index (κ1) is 36.9. The van der Waals surface area contributed by atoms with Gasteiger partial charge in [-0.25, -0.2) is 0 Å². The van der Waals surface area contributed by atoms with Crippen LogP contribution < -0.4 is 4.90 Å². The molecule has 0 fully saturated rings. The van der Waals surface area contributed by atoms with Crippen LogP contribution in [0.25, 0.3) is 104 Å². The average molecular weight is 829 g/mol. The van der Waals surface area contributed by atoms with Crippen molar-refractivity contribution in [1.82, 2.24) is 4.57 Å². The van der Waals surface area contributed by atoms with Crippen LogP contribution in [0.1, 0.15) is 0 Å². The van der Waals surface area contributed by atoms with Gasteiger partial charge in [-0.3, -0.25) is 0 Å². The number of hydrogen-bond donors (Lipinski definition) is 0. The van der Waals surface area contributed by atoms with E-state index in [2.05, 4.69) is 252 Å². The molecule has 0 saturated heterocycles. The molecular weight excluding hydrogens is 789 g/mol. The number of aromatic nitrogens is 1. The highest BCUT2D eigenvalue weighted by atomic mass is 16.3. The van der Waals surface area contributed by atoms with Crippen LogP contribution in [0.5, 0.6) is 0 Å². The predicted octanol–water partition coefficient (Wildman–Crippen LogP) is 17.5. The topological polar surface area (TPSA) is 21.3 Å². The molecule has 304 valence electrons. The summed E-state index contributed by atoms with van der Waals surface area (Å²) in [6, 6.07) is 87.8. The van der Waals surface area contributed by atoms with Crippen LogP contribution >= 0.6 is 0 Å². The van der Waals surface area contributed by atoms with Gasteiger partial charge in [0.05, 0.1) is 11.0 Å². The molecule has 0 spiro atoms. The zero-order valence-electron chi connectivity index (χ0n) is 35.4. The first-order valence-corrected chi connectivity index (χ1v) is 22.2. The normalized spacial score (nSPS) is 11.7. The van der Waals surface area contributed by atoms with E-state index in [1.165, 1.54) is 54.5 Å². The Hall–Kier alpha value is -8.66. The summed E-state index contributed by atoms with van der Waals surface area (Å²) in [6.07, 6.45) is 0. The van der Waals surface area contributed by atoms with Gasteiger partial charge in [0.15, 0.2) is 0 Å². The molecule has 0 aliphatic rings. The second-order valence-electron chi connectivity index (χ2n) is 16.9. The maximum atomic E-state index is 6.81. The molecule has 0 bridgehead atoms. The zero-order valence-corrected chi connectivity index (χ0v) is 35.4. The predicted molar refractivity (Wildman–Crippen MR) is 274 cm³/mol. The number of benzene rings is 11. The third-order valence-electron chi connectivity index (χ3n) is 13.1. The molecule has 2 aromatic heterocycles. The van der Waals surface area contributed by atoms with Crippen molar-refractivity contribution in [3.05, 3.63) is 243 Å². The fraction of sp³-hybridized carbons (Fsp3) is 0. The van der Waals surface area contributed by atoms with E-state index in [1.54, 1.807) is 0 Å². The van der Waals surface area contributed by atoms with Gasteiger partial charge in [-0.2, -0.15) is 0 Å². The SMILES string of the molecule is c1ccc(-c2cccc(N(c3cccc(-c4cc5ccccc5c5ccccc45)c3)c3cc(-c4ccc(-n5c6ccccc6c6ccccc65)cc4)c4oc5ccccc5c4c3)c2)cc1. The van der Waals surface area contributed by atoms with Crippen LogP contribution in [-0.2, 0) is 0 Å². The number of furan rings is 1. The molecule has 0 radical (unpaired) electrons. The Kier molecular flexibility index (Phi) is 8.53. The minimum absolute atomic E-state index is 0.866. The average Bonchev–Trinajstić information content (AvgIpc) is 3.92. The van der Waals surface area contributed by atoms with Crippen molar-refractivity contribution >= 4 is 82.4 Å². The van der Waals surface area contributed by atoms with Crippen LogP contribution in [-0.4, -0.2) is 4.57 Å². The zero-order chi connectivity index (χ0) is 42.8. The Labute approximate surface area is 376 Å². The lowest BCUT2D eigenvalue weighted by atomic mass is 9.93. The summed E-state index contributed by atoms with van der Waals surface area (Å²) in [5, 5.41) is 9.63. The van der Waals surface area contributed by atoms with Gasteiger partial charge < -0.3 is 13.9 Å². The Morgan fingerprint density at radius 1 is 0.308 bits per heavy atom. The van der Waals surface area contributed by atoms with Gasteiger partial charge in [0, 0.05) is 49.9 Å². The fourth-order valence-corrected chi connectivity index (χ4v) is 10.2. The molecule has 0 N–H and O–H groups in total. The second kappa shape index (κ2) is 15.0. The van der Waals surface area contributed by atoms with E-state index in [0.29, 0.717) is 0 Å². The Balaban J connectivity index is 1.03. The molecule has 0 saturated carbocycles. The van der Waals surface area contributed by atoms with Gasteiger partial charge in [-0.05, 0) is 122 Å². The largest absolute Gasteiger partial charge is 0.455 e. The lowest BCUT2D eigenvalue weighted by Crippen LogP contribution is -2.10. The fourth-order valence-electron chi connectivity index (χ4n) is 10.2. The summed E-state index contributed by atoms with van der Waals surface area (Å²) >= 11 is 0. The summed E-state index contributed by atoms with van der Waals surface area (Å²) in [5.41, 5.74) is 15.2. The molecule has 13 rings (SSSR count). The van der Waals surface area contributed by atoms with Crippen molar-refractivity contribution in [1.29, 1.82) is 0 Å². The van der Waals surface area contributed by atoms with Gasteiger partial charge in [0.2, 0.25) is 0 Å². The van der Waals surface area contributed by atoms with Gasteiger partial charge >= 0.3 is 0 Å². The van der Waals surface area contributed by atoms with E-state index in [9.17, 15) is 0 Å². The van der Waals surface area contributed by atoms with Gasteiger partial charge in [-0.1, -0.05) is 170 Å². The number of nitrogens with zero attached hydrogens (tertiary/aromatic N) is 2. The van der Waals surface area contributed by atoms with Gasteiger partial charge in [0.1, 0.15) is 11.2 Å². The molecule has 11 aromatic carbocycles. The smallest absolute Gasteiger partial charge is 0.143 e. The third-order valence-corrected chi connectivity index (χ3v) is 13.1. The number of para-hydroxylation sites is 3. The van der Waals surface area contributed by atoms with Crippen molar-refractivity contribution in [3.8, 4) is 39.1 Å². The molecule has 65 heavy (non-hydrogen) atoms. The second-order valence-corrected chi connectivity index (χ2v) is 16.9. The molecule has 0 aliphatic heterocycles. The lowest BCUT2D eigenvalue weighted by Gasteiger charge is -2.27. The van der Waals surface area contributed by atoms with Gasteiger partial charge in [-0.15, -0.1) is 0 Å². The molecule has 2 heterocycles. The highest BCUT2D eigenvalue weighted by Gasteiger charge is 2.22. The van der Waals surface area contributed by atoms with Crippen LogP contribution in [0.2, 0.25) is 0 Å². The molecule has 0 aliphatic carbocycles. The summed E-state index contributed by atoms with van der Waals surface area (Å²) < 4.78 is 9.18. The van der Waals surface area contributed by atoms with E-state index >= 15 is 0 Å². The van der Waals surface area contributed by atoms with E-state index < -0.39 is 0 Å². The molecule has 0 atom stereocenters. The van der Waals surface area contributed by atoms with Crippen molar-refractivity contribution in [2.24, 2.45) is 0 Å². The van der Waals surface area contributed by atoms with Crippen molar-refractivity contribution in [2.75, 3.05) is 4.90 Å². The van der Waals surface area contributed by atoms with Crippen LogP contribution in [0, 0.1) is 0 Å². The Bertz CT molecular complexity index is 3900. The molecule has 13 aromatic rings. The third kappa shape index (κ3) is 6.12. The van der Waals surface area contributed by atoms with E-state index in [0.717, 1.165) is 66.9 Å². The van der Waals surface area contributed by atoms with E-state index in [-0.39, 0.29) is 0 Å². The highest BCUT2D eigenvalue weighted by Crippen LogP contribution is 2.46. The highest BCUT2D eigenvalue weighted by molar-refractivity contribution is 6.15. The summed E-state index contributed by atoms with van der Waals surface area (Å²) in [5.74, 6) is 0. The Morgan fingerprint density at radius 3 is 1.62 bits per heavy atom. The molecule has 3 nitrogen and oxygen atoms in total. The van der Waals surface area contributed by atoms with Crippen molar-refractivity contribution in [2.45, 2.75) is 0 Å². The Morgan fingerprint density at radius 2 is 0.877 bits per heavy atom. The van der Waals surface area contributed by atoms with Crippen LogP contribution in [0.4, 0.5) is 17.1 Å². The van der Waals surface area contributed by atoms with Crippen LogP contribution in [0.3, 0.4) is 0 Å². The quantitative estimate of drug-likeness (QED) is 0.149. The van der Waals surface area contributed by atoms with E-state index in [1.807, 2.05) is 0 Å². The van der Waals surface area contributed by atoms with Gasteiger partial charge in [0.25, 0.3) is 0 Å². The molecule has 0 amide bonds. The van der Waals surface area contributed by atoms with Crippen LogP contribution in [0.15, 0.2) is 247 Å².